The highest BCUT2D eigenvalue weighted by atomic mass is 16.3. The van der Waals surface area contributed by atoms with Gasteiger partial charge >= 0.3 is 0 Å². The number of nitrogens with two attached hydrogens (primary N) is 1. The molecule has 296 valence electrons. The third kappa shape index (κ3) is 8.99. The summed E-state index contributed by atoms with van der Waals surface area (Å²) in [6.07, 6.45) is 3.46. The third-order valence-corrected chi connectivity index (χ3v) is 12.0. The number of amides is 2. The minimum absolute atomic E-state index is 0.174. The summed E-state index contributed by atoms with van der Waals surface area (Å²) in [6, 6.07) is 56.5. The molecule has 0 spiro atoms. The molecule has 7 rings (SSSR count). The molecule has 0 heterocycles. The summed E-state index contributed by atoms with van der Waals surface area (Å²) in [6.45, 7) is 0. The SMILES string of the molecule is NC(=O)C1(C(=O)N([C@H](c2ccccc2)C(O)(Cc2ccccc2)Cc2ccccc2)[C@H](c2ccccc2)C(O)(Cc2ccccc2)Cc2ccccc2)CCCCC1. The summed E-state index contributed by atoms with van der Waals surface area (Å²) in [5.41, 5.74) is 6.44. The van der Waals surface area contributed by atoms with Crippen molar-refractivity contribution in [2.75, 3.05) is 0 Å². The quantitative estimate of drug-likeness (QED) is 0.0855. The molecule has 58 heavy (non-hydrogen) atoms. The molecule has 6 aromatic carbocycles. The largest absolute Gasteiger partial charge is 0.387 e. The fourth-order valence-corrected chi connectivity index (χ4v) is 9.39. The normalized spacial score (nSPS) is 15.2. The van der Waals surface area contributed by atoms with Gasteiger partial charge in [0.1, 0.15) is 5.41 Å². The average molecular weight is 771 g/mol. The number of rotatable bonds is 16. The molecule has 6 heteroatoms. The fourth-order valence-electron chi connectivity index (χ4n) is 9.39. The van der Waals surface area contributed by atoms with Crippen LogP contribution >= 0.6 is 0 Å². The van der Waals surface area contributed by atoms with Crippen molar-refractivity contribution in [3.8, 4) is 0 Å². The van der Waals surface area contributed by atoms with Gasteiger partial charge in [-0.25, -0.2) is 0 Å². The Morgan fingerprint density at radius 3 is 1.03 bits per heavy atom. The maximum atomic E-state index is 16.4. The maximum absolute atomic E-state index is 16.4. The number of aliphatic hydroxyl groups is 2. The first-order valence-electron chi connectivity index (χ1n) is 20.5. The lowest BCUT2D eigenvalue weighted by molar-refractivity contribution is -0.174. The summed E-state index contributed by atoms with van der Waals surface area (Å²) in [5.74, 6) is -1.15. The van der Waals surface area contributed by atoms with Gasteiger partial charge in [-0.05, 0) is 46.2 Å². The smallest absolute Gasteiger partial charge is 0.239 e. The fraction of sp³-hybridized carbons (Fsp3) is 0.269. The van der Waals surface area contributed by atoms with Crippen molar-refractivity contribution >= 4 is 11.8 Å². The van der Waals surface area contributed by atoms with E-state index in [4.69, 9.17) is 5.73 Å². The van der Waals surface area contributed by atoms with E-state index in [0.717, 1.165) is 28.7 Å². The second-order valence-electron chi connectivity index (χ2n) is 16.2. The van der Waals surface area contributed by atoms with Crippen LogP contribution in [0.1, 0.15) is 77.6 Å². The maximum Gasteiger partial charge on any atom is 0.239 e. The molecular formula is C52H54N2O4. The zero-order valence-electron chi connectivity index (χ0n) is 33.1. The topological polar surface area (TPSA) is 104 Å². The minimum Gasteiger partial charge on any atom is -0.387 e. The van der Waals surface area contributed by atoms with Crippen LogP contribution in [0.2, 0.25) is 0 Å². The number of nitrogens with zero attached hydrogens (tertiary/aromatic N) is 1. The van der Waals surface area contributed by atoms with Gasteiger partial charge in [0.15, 0.2) is 0 Å². The van der Waals surface area contributed by atoms with Gasteiger partial charge in [-0.1, -0.05) is 201 Å². The van der Waals surface area contributed by atoms with Crippen molar-refractivity contribution in [1.29, 1.82) is 0 Å². The molecule has 1 aliphatic rings. The molecule has 0 saturated heterocycles. The Balaban J connectivity index is 1.57. The van der Waals surface area contributed by atoms with Gasteiger partial charge in [0.2, 0.25) is 11.8 Å². The van der Waals surface area contributed by atoms with Crippen molar-refractivity contribution in [1.82, 2.24) is 4.90 Å². The molecule has 2 atom stereocenters. The lowest BCUT2D eigenvalue weighted by Gasteiger charge is -2.53. The zero-order chi connectivity index (χ0) is 40.4. The molecular weight excluding hydrogens is 717 g/mol. The second kappa shape index (κ2) is 18.2. The predicted molar refractivity (Wildman–Crippen MR) is 230 cm³/mol. The number of hydrogen-bond acceptors (Lipinski definition) is 4. The van der Waals surface area contributed by atoms with Crippen molar-refractivity contribution in [3.05, 3.63) is 215 Å². The Kier molecular flexibility index (Phi) is 12.7. The highest BCUT2D eigenvalue weighted by Crippen LogP contribution is 2.50. The van der Waals surface area contributed by atoms with E-state index in [1.807, 2.05) is 182 Å². The third-order valence-electron chi connectivity index (χ3n) is 12.0. The molecule has 1 saturated carbocycles. The molecule has 0 aromatic heterocycles. The second-order valence-corrected chi connectivity index (χ2v) is 16.2. The van der Waals surface area contributed by atoms with Crippen molar-refractivity contribution in [2.24, 2.45) is 11.1 Å². The molecule has 0 unspecified atom stereocenters. The lowest BCUT2D eigenvalue weighted by Crippen LogP contribution is -2.62. The zero-order valence-corrected chi connectivity index (χ0v) is 33.1. The van der Waals surface area contributed by atoms with E-state index in [9.17, 15) is 15.0 Å². The summed E-state index contributed by atoms with van der Waals surface area (Å²) >= 11 is 0. The van der Waals surface area contributed by atoms with Crippen LogP contribution in [0.4, 0.5) is 0 Å². The monoisotopic (exact) mass is 770 g/mol. The molecule has 1 fully saturated rings. The molecule has 0 radical (unpaired) electrons. The van der Waals surface area contributed by atoms with Crippen LogP contribution in [0.5, 0.6) is 0 Å². The van der Waals surface area contributed by atoms with Crippen LogP contribution in [-0.2, 0) is 35.3 Å². The van der Waals surface area contributed by atoms with Gasteiger partial charge in [-0.3, -0.25) is 9.59 Å². The molecule has 6 nitrogen and oxygen atoms in total. The number of benzene rings is 6. The summed E-state index contributed by atoms with van der Waals surface area (Å²) < 4.78 is 0. The Bertz CT molecular complexity index is 1970. The van der Waals surface area contributed by atoms with Crippen LogP contribution < -0.4 is 5.73 Å². The molecule has 0 aliphatic heterocycles. The van der Waals surface area contributed by atoms with Crippen LogP contribution in [0.25, 0.3) is 0 Å². The van der Waals surface area contributed by atoms with Gasteiger partial charge in [-0.15, -0.1) is 0 Å². The van der Waals surface area contributed by atoms with Crippen LogP contribution in [-0.4, -0.2) is 38.1 Å². The van der Waals surface area contributed by atoms with E-state index < -0.39 is 40.5 Å². The molecule has 6 aromatic rings. The molecule has 0 bridgehead atoms. The van der Waals surface area contributed by atoms with E-state index in [0.29, 0.717) is 24.0 Å². The van der Waals surface area contributed by atoms with Crippen LogP contribution in [0.3, 0.4) is 0 Å². The highest BCUT2D eigenvalue weighted by molar-refractivity contribution is 6.05. The summed E-state index contributed by atoms with van der Waals surface area (Å²) in [7, 11) is 0. The van der Waals surface area contributed by atoms with E-state index >= 15 is 4.79 Å². The Morgan fingerprint density at radius 1 is 0.483 bits per heavy atom. The van der Waals surface area contributed by atoms with Gasteiger partial charge < -0.3 is 20.8 Å². The molecule has 2 amide bonds. The first-order chi connectivity index (χ1) is 28.2. The Labute approximate surface area is 343 Å². The van der Waals surface area contributed by atoms with Gasteiger partial charge in [0, 0.05) is 25.7 Å². The molecule has 4 N–H and O–H groups in total. The van der Waals surface area contributed by atoms with Crippen molar-refractivity contribution in [3.63, 3.8) is 0 Å². The van der Waals surface area contributed by atoms with Gasteiger partial charge in [-0.2, -0.15) is 0 Å². The van der Waals surface area contributed by atoms with E-state index in [1.165, 1.54) is 0 Å². The number of primary amides is 1. The predicted octanol–water partition coefficient (Wildman–Crippen LogP) is 9.17. The lowest BCUT2D eigenvalue weighted by atomic mass is 9.68. The number of hydrogen-bond donors (Lipinski definition) is 3. The highest BCUT2D eigenvalue weighted by Gasteiger charge is 2.57. The standard InChI is InChI=1S/C52H54N2O4/c53-48(55)50(34-20-7-21-35-50)49(56)54(46(44-30-16-5-17-31-44)51(57,36-40-22-8-1-9-23-40)37-41-24-10-2-11-25-41)47(45-32-18-6-19-33-45)52(58,38-42-26-12-3-13-27-42)39-43-28-14-4-15-29-43/h1-6,8-19,22-33,46-47,57-58H,7,20-21,34-39H2,(H2,53,55)/t46-,47-/m1/s1. The Hall–Kier alpha value is -5.82. The summed E-state index contributed by atoms with van der Waals surface area (Å²) in [4.78, 5) is 32.2. The van der Waals surface area contributed by atoms with Gasteiger partial charge in [0.05, 0.1) is 23.3 Å². The number of carbonyl (C=O) groups excluding carboxylic acids is 2. The van der Waals surface area contributed by atoms with E-state index in [2.05, 4.69) is 0 Å². The minimum atomic E-state index is -1.67. The van der Waals surface area contributed by atoms with Crippen LogP contribution in [0, 0.1) is 5.41 Å². The number of carbonyl (C=O) groups is 2. The average Bonchev–Trinajstić information content (AvgIpc) is 3.25. The molecule has 1 aliphatic carbocycles. The van der Waals surface area contributed by atoms with Crippen LogP contribution in [0.15, 0.2) is 182 Å². The first kappa shape index (κ1) is 40.4. The van der Waals surface area contributed by atoms with E-state index in [-0.39, 0.29) is 38.5 Å². The Morgan fingerprint density at radius 2 is 0.759 bits per heavy atom. The van der Waals surface area contributed by atoms with E-state index in [1.54, 1.807) is 4.90 Å². The van der Waals surface area contributed by atoms with Crippen molar-refractivity contribution < 1.29 is 19.8 Å². The summed E-state index contributed by atoms with van der Waals surface area (Å²) in [5, 5.41) is 27.8. The van der Waals surface area contributed by atoms with Gasteiger partial charge in [0.25, 0.3) is 0 Å². The first-order valence-corrected chi connectivity index (χ1v) is 20.5. The van der Waals surface area contributed by atoms with Crippen molar-refractivity contribution in [2.45, 2.75) is 81.1 Å².